The van der Waals surface area contributed by atoms with Crippen LogP contribution >= 0.6 is 11.3 Å². The molecule has 0 amide bonds. The summed E-state index contributed by atoms with van der Waals surface area (Å²) in [5, 5.41) is 5.57. The predicted molar refractivity (Wildman–Crippen MR) is 77.2 cm³/mol. The molecular weight excluding hydrogens is 261 g/mol. The van der Waals surface area contributed by atoms with E-state index in [1.807, 2.05) is 6.07 Å². The molecular formula is C15H18FNOS. The number of hydrogen-bond acceptors (Lipinski definition) is 3. The average molecular weight is 279 g/mol. The summed E-state index contributed by atoms with van der Waals surface area (Å²) >= 11 is 1.73. The van der Waals surface area contributed by atoms with Gasteiger partial charge < -0.3 is 10.1 Å². The Kier molecular flexibility index (Phi) is 4.56. The van der Waals surface area contributed by atoms with Crippen LogP contribution in [0, 0.1) is 5.82 Å². The van der Waals surface area contributed by atoms with Crippen LogP contribution in [0.3, 0.4) is 0 Å². The Morgan fingerprint density at radius 3 is 2.63 bits per heavy atom. The molecule has 4 heteroatoms. The number of halogens is 1. The number of nitrogens with one attached hydrogen (secondary N) is 1. The molecule has 0 fully saturated rings. The Bertz CT molecular complexity index is 527. The second-order valence-corrected chi connectivity index (χ2v) is 5.50. The van der Waals surface area contributed by atoms with Crippen molar-refractivity contribution in [1.29, 1.82) is 0 Å². The van der Waals surface area contributed by atoms with E-state index in [1.165, 1.54) is 18.1 Å². The Morgan fingerprint density at radius 2 is 2.00 bits per heavy atom. The van der Waals surface area contributed by atoms with Crippen molar-refractivity contribution in [2.75, 3.05) is 7.11 Å². The molecule has 1 N–H and O–H groups in total. The zero-order valence-electron chi connectivity index (χ0n) is 11.3. The van der Waals surface area contributed by atoms with Gasteiger partial charge in [0.1, 0.15) is 0 Å². The molecule has 0 spiro atoms. The SMILES string of the molecule is COc1cc(C(C)N[C@H](C)c2cccs2)ccc1F. The molecule has 2 rings (SSSR count). The molecule has 2 nitrogen and oxygen atoms in total. The standard InChI is InChI=1S/C15H18FNOS/c1-10(17-11(2)15-5-4-8-19-15)12-6-7-13(16)14(9-12)18-3/h4-11,17H,1-3H3/t10?,11-/m1/s1. The molecule has 1 unspecified atom stereocenters. The van der Waals surface area contributed by atoms with Crippen LogP contribution in [0.5, 0.6) is 5.75 Å². The maximum Gasteiger partial charge on any atom is 0.165 e. The molecule has 0 aliphatic rings. The van der Waals surface area contributed by atoms with E-state index >= 15 is 0 Å². The van der Waals surface area contributed by atoms with E-state index in [-0.39, 0.29) is 23.7 Å². The number of methoxy groups -OCH3 is 1. The molecule has 0 bridgehead atoms. The molecule has 0 saturated carbocycles. The van der Waals surface area contributed by atoms with Gasteiger partial charge in [0.2, 0.25) is 0 Å². The van der Waals surface area contributed by atoms with Gasteiger partial charge in [0.15, 0.2) is 11.6 Å². The minimum absolute atomic E-state index is 0.131. The van der Waals surface area contributed by atoms with Crippen LogP contribution in [0.15, 0.2) is 35.7 Å². The number of thiophene rings is 1. The van der Waals surface area contributed by atoms with Crippen molar-refractivity contribution in [1.82, 2.24) is 5.32 Å². The fraction of sp³-hybridized carbons (Fsp3) is 0.333. The van der Waals surface area contributed by atoms with Gasteiger partial charge in [-0.3, -0.25) is 0 Å². The van der Waals surface area contributed by atoms with E-state index in [1.54, 1.807) is 23.5 Å². The summed E-state index contributed by atoms with van der Waals surface area (Å²) in [5.41, 5.74) is 1.02. The Labute approximate surface area is 117 Å². The number of rotatable bonds is 5. The molecule has 19 heavy (non-hydrogen) atoms. The van der Waals surface area contributed by atoms with Crippen LogP contribution in [0.4, 0.5) is 4.39 Å². The van der Waals surface area contributed by atoms with E-state index in [9.17, 15) is 4.39 Å². The van der Waals surface area contributed by atoms with Crippen molar-refractivity contribution in [3.8, 4) is 5.75 Å². The maximum atomic E-state index is 13.4. The molecule has 1 aromatic carbocycles. The molecule has 1 aromatic heterocycles. The summed E-state index contributed by atoms with van der Waals surface area (Å²) in [6, 6.07) is 9.54. The molecule has 0 aliphatic carbocycles. The molecule has 2 aromatic rings. The number of benzene rings is 1. The Balaban J connectivity index is 2.09. The lowest BCUT2D eigenvalue weighted by atomic mass is 10.1. The van der Waals surface area contributed by atoms with Crippen molar-refractivity contribution < 1.29 is 9.13 Å². The van der Waals surface area contributed by atoms with Crippen LogP contribution in [-0.2, 0) is 0 Å². The van der Waals surface area contributed by atoms with Gasteiger partial charge in [-0.2, -0.15) is 0 Å². The molecule has 0 aliphatic heterocycles. The minimum Gasteiger partial charge on any atom is -0.494 e. The highest BCUT2D eigenvalue weighted by atomic mass is 32.1. The normalized spacial score (nSPS) is 14.1. The van der Waals surface area contributed by atoms with Crippen LogP contribution in [0.25, 0.3) is 0 Å². The summed E-state index contributed by atoms with van der Waals surface area (Å²) in [4.78, 5) is 1.29. The van der Waals surface area contributed by atoms with Crippen LogP contribution in [-0.4, -0.2) is 7.11 Å². The quantitative estimate of drug-likeness (QED) is 0.880. The van der Waals surface area contributed by atoms with E-state index in [4.69, 9.17) is 4.74 Å². The number of ether oxygens (including phenoxy) is 1. The summed E-state index contributed by atoms with van der Waals surface area (Å²) in [5.74, 6) is -0.0420. The van der Waals surface area contributed by atoms with Gasteiger partial charge in [-0.15, -0.1) is 11.3 Å². The molecule has 0 saturated heterocycles. The third kappa shape index (κ3) is 3.33. The van der Waals surface area contributed by atoms with Gasteiger partial charge >= 0.3 is 0 Å². The Hall–Kier alpha value is -1.39. The van der Waals surface area contributed by atoms with Crippen molar-refractivity contribution in [2.24, 2.45) is 0 Å². The lowest BCUT2D eigenvalue weighted by molar-refractivity contribution is 0.384. The van der Waals surface area contributed by atoms with Crippen molar-refractivity contribution >= 4 is 11.3 Å². The lowest BCUT2D eigenvalue weighted by Gasteiger charge is -2.20. The third-order valence-electron chi connectivity index (χ3n) is 3.15. The highest BCUT2D eigenvalue weighted by Crippen LogP contribution is 2.26. The van der Waals surface area contributed by atoms with Gasteiger partial charge in [-0.25, -0.2) is 4.39 Å². The summed E-state index contributed by atoms with van der Waals surface area (Å²) in [6.45, 7) is 4.19. The Morgan fingerprint density at radius 1 is 1.21 bits per heavy atom. The first-order valence-corrected chi connectivity index (χ1v) is 7.12. The van der Waals surface area contributed by atoms with Crippen LogP contribution in [0.2, 0.25) is 0 Å². The van der Waals surface area contributed by atoms with Gasteiger partial charge in [0.05, 0.1) is 7.11 Å². The smallest absolute Gasteiger partial charge is 0.165 e. The van der Waals surface area contributed by atoms with Crippen molar-refractivity contribution in [3.05, 3.63) is 52.0 Å². The molecule has 102 valence electrons. The third-order valence-corrected chi connectivity index (χ3v) is 4.20. The fourth-order valence-electron chi connectivity index (χ4n) is 2.04. The van der Waals surface area contributed by atoms with Gasteiger partial charge in [-0.05, 0) is 43.0 Å². The van der Waals surface area contributed by atoms with Crippen molar-refractivity contribution in [3.63, 3.8) is 0 Å². The highest BCUT2D eigenvalue weighted by Gasteiger charge is 2.13. The first-order valence-electron chi connectivity index (χ1n) is 6.24. The second kappa shape index (κ2) is 6.17. The van der Waals surface area contributed by atoms with E-state index < -0.39 is 0 Å². The molecule has 2 atom stereocenters. The van der Waals surface area contributed by atoms with Crippen LogP contribution in [0.1, 0.15) is 36.4 Å². The van der Waals surface area contributed by atoms with E-state index in [2.05, 4.69) is 30.6 Å². The molecule has 0 radical (unpaired) electrons. The van der Waals surface area contributed by atoms with Gasteiger partial charge in [-0.1, -0.05) is 12.1 Å². The lowest BCUT2D eigenvalue weighted by Crippen LogP contribution is -2.21. The fourth-order valence-corrected chi connectivity index (χ4v) is 2.78. The van der Waals surface area contributed by atoms with E-state index in [0.717, 1.165) is 5.56 Å². The topological polar surface area (TPSA) is 21.3 Å². The zero-order valence-corrected chi connectivity index (χ0v) is 12.1. The summed E-state index contributed by atoms with van der Waals surface area (Å²) < 4.78 is 18.4. The first-order chi connectivity index (χ1) is 9.11. The summed E-state index contributed by atoms with van der Waals surface area (Å²) in [6.07, 6.45) is 0. The van der Waals surface area contributed by atoms with Crippen LogP contribution < -0.4 is 10.1 Å². The second-order valence-electron chi connectivity index (χ2n) is 4.52. The predicted octanol–water partition coefficient (Wildman–Crippen LogP) is 4.31. The highest BCUT2D eigenvalue weighted by molar-refractivity contribution is 7.10. The minimum atomic E-state index is -0.329. The first kappa shape index (κ1) is 14.0. The maximum absolute atomic E-state index is 13.4. The van der Waals surface area contributed by atoms with Gasteiger partial charge in [0.25, 0.3) is 0 Å². The largest absolute Gasteiger partial charge is 0.494 e. The monoisotopic (exact) mass is 279 g/mol. The number of hydrogen-bond donors (Lipinski definition) is 1. The summed E-state index contributed by atoms with van der Waals surface area (Å²) in [7, 11) is 1.48. The average Bonchev–Trinajstić information content (AvgIpc) is 2.93. The van der Waals surface area contributed by atoms with Crippen molar-refractivity contribution in [2.45, 2.75) is 25.9 Å². The molecule has 1 heterocycles. The van der Waals surface area contributed by atoms with Gasteiger partial charge in [0, 0.05) is 17.0 Å². The zero-order chi connectivity index (χ0) is 13.8. The van der Waals surface area contributed by atoms with E-state index in [0.29, 0.717) is 0 Å².